The third-order valence-electron chi connectivity index (χ3n) is 2.34. The molecule has 0 fully saturated rings. The van der Waals surface area contributed by atoms with Crippen LogP contribution in [0.25, 0.3) is 11.3 Å². The average Bonchev–Trinajstić information content (AvgIpc) is 2.62. The van der Waals surface area contributed by atoms with Crippen molar-refractivity contribution < 1.29 is 9.90 Å². The minimum atomic E-state index is -0.922. The van der Waals surface area contributed by atoms with Crippen LogP contribution >= 0.6 is 0 Å². The first-order chi connectivity index (χ1) is 8.04. The average molecular weight is 231 g/mol. The van der Waals surface area contributed by atoms with E-state index >= 15 is 0 Å². The maximum atomic E-state index is 10.6. The van der Waals surface area contributed by atoms with Gasteiger partial charge >= 0.3 is 5.97 Å². The van der Waals surface area contributed by atoms with Crippen LogP contribution in [0.4, 0.5) is 0 Å². The molecular weight excluding hydrogens is 218 g/mol. The van der Waals surface area contributed by atoms with Gasteiger partial charge in [-0.3, -0.25) is 4.79 Å². The second kappa shape index (κ2) is 4.37. The molecule has 17 heavy (non-hydrogen) atoms. The van der Waals surface area contributed by atoms with E-state index in [1.165, 1.54) is 0 Å². The highest BCUT2D eigenvalue weighted by molar-refractivity contribution is 5.69. The summed E-state index contributed by atoms with van der Waals surface area (Å²) >= 11 is 0. The summed E-state index contributed by atoms with van der Waals surface area (Å²) < 4.78 is 1.92. The standard InChI is InChI=1S/C12H13N3O2/c1-8-5-10(9-3-4-15(2)7-9)14-11(13-8)6-12(16)17/h3-5,7H,6H2,1-2H3,(H,16,17). The van der Waals surface area contributed by atoms with Gasteiger partial charge in [-0.15, -0.1) is 0 Å². The Labute approximate surface area is 98.8 Å². The van der Waals surface area contributed by atoms with Crippen LogP contribution in [0.1, 0.15) is 11.5 Å². The molecule has 0 atom stereocenters. The molecular formula is C12H13N3O2. The van der Waals surface area contributed by atoms with E-state index in [9.17, 15) is 4.79 Å². The van der Waals surface area contributed by atoms with Crippen LogP contribution in [0.5, 0.6) is 0 Å². The lowest BCUT2D eigenvalue weighted by molar-refractivity contribution is -0.136. The third-order valence-corrected chi connectivity index (χ3v) is 2.34. The molecule has 0 bridgehead atoms. The fraction of sp³-hybridized carbons (Fsp3) is 0.250. The minimum absolute atomic E-state index is 0.151. The van der Waals surface area contributed by atoms with Crippen molar-refractivity contribution in [1.29, 1.82) is 0 Å². The van der Waals surface area contributed by atoms with Gasteiger partial charge in [0.1, 0.15) is 12.2 Å². The molecule has 0 unspecified atom stereocenters. The molecule has 0 aliphatic heterocycles. The predicted octanol–water partition coefficient (Wildman–Crippen LogP) is 1.42. The van der Waals surface area contributed by atoms with Crippen molar-refractivity contribution >= 4 is 5.97 Å². The van der Waals surface area contributed by atoms with Crippen molar-refractivity contribution in [3.05, 3.63) is 36.0 Å². The van der Waals surface area contributed by atoms with E-state index < -0.39 is 5.97 Å². The number of hydrogen-bond donors (Lipinski definition) is 1. The SMILES string of the molecule is Cc1cc(-c2ccn(C)c2)nc(CC(=O)O)n1. The van der Waals surface area contributed by atoms with Crippen molar-refractivity contribution in [2.75, 3.05) is 0 Å². The summed E-state index contributed by atoms with van der Waals surface area (Å²) in [6, 6.07) is 3.78. The highest BCUT2D eigenvalue weighted by atomic mass is 16.4. The molecule has 5 nitrogen and oxygen atoms in total. The second-order valence-electron chi connectivity index (χ2n) is 3.95. The number of carbonyl (C=O) groups is 1. The van der Waals surface area contributed by atoms with Crippen LogP contribution < -0.4 is 0 Å². The van der Waals surface area contributed by atoms with Gasteiger partial charge in [0.05, 0.1) is 5.69 Å². The molecule has 88 valence electrons. The van der Waals surface area contributed by atoms with Gasteiger partial charge in [-0.05, 0) is 19.1 Å². The Bertz CT molecular complexity index is 561. The number of aryl methyl sites for hydroxylation is 2. The van der Waals surface area contributed by atoms with Crippen molar-refractivity contribution in [3.63, 3.8) is 0 Å². The van der Waals surface area contributed by atoms with E-state index in [0.717, 1.165) is 17.0 Å². The smallest absolute Gasteiger partial charge is 0.311 e. The molecule has 5 heteroatoms. The van der Waals surface area contributed by atoms with Crippen molar-refractivity contribution in [3.8, 4) is 11.3 Å². The number of carboxylic acids is 1. The summed E-state index contributed by atoms with van der Waals surface area (Å²) in [6.07, 6.45) is 3.71. The van der Waals surface area contributed by atoms with Crippen molar-refractivity contribution in [2.45, 2.75) is 13.3 Å². The molecule has 0 aliphatic rings. The zero-order valence-corrected chi connectivity index (χ0v) is 9.71. The highest BCUT2D eigenvalue weighted by Gasteiger charge is 2.08. The summed E-state index contributed by atoms with van der Waals surface area (Å²) in [5, 5.41) is 8.74. The second-order valence-corrected chi connectivity index (χ2v) is 3.95. The van der Waals surface area contributed by atoms with Gasteiger partial charge < -0.3 is 9.67 Å². The van der Waals surface area contributed by atoms with Gasteiger partial charge in [-0.25, -0.2) is 9.97 Å². The molecule has 1 N–H and O–H groups in total. The summed E-state index contributed by atoms with van der Waals surface area (Å²) in [6.45, 7) is 1.83. The van der Waals surface area contributed by atoms with Crippen molar-refractivity contribution in [1.82, 2.24) is 14.5 Å². The van der Waals surface area contributed by atoms with Gasteiger partial charge in [0, 0.05) is 30.7 Å². The van der Waals surface area contributed by atoms with Crippen LogP contribution in [0.3, 0.4) is 0 Å². The van der Waals surface area contributed by atoms with E-state index in [1.807, 2.05) is 43.1 Å². The quantitative estimate of drug-likeness (QED) is 0.867. The Morgan fingerprint density at radius 1 is 1.47 bits per heavy atom. The first-order valence-corrected chi connectivity index (χ1v) is 5.23. The molecule has 0 amide bonds. The summed E-state index contributed by atoms with van der Waals surface area (Å²) in [5.74, 6) is -0.578. The molecule has 2 aromatic rings. The molecule has 0 saturated heterocycles. The first kappa shape index (κ1) is 11.3. The maximum absolute atomic E-state index is 10.6. The lowest BCUT2D eigenvalue weighted by Gasteiger charge is -2.02. The molecule has 0 saturated carbocycles. The fourth-order valence-corrected chi connectivity index (χ4v) is 1.65. The van der Waals surface area contributed by atoms with E-state index in [2.05, 4.69) is 9.97 Å². The van der Waals surface area contributed by atoms with Gasteiger partial charge in [0.25, 0.3) is 0 Å². The highest BCUT2D eigenvalue weighted by Crippen LogP contribution is 2.17. The number of carboxylic acid groups (broad SMARTS) is 1. The zero-order valence-electron chi connectivity index (χ0n) is 9.71. The van der Waals surface area contributed by atoms with E-state index in [4.69, 9.17) is 5.11 Å². The molecule has 2 aromatic heterocycles. The molecule has 0 radical (unpaired) electrons. The van der Waals surface area contributed by atoms with Gasteiger partial charge in [-0.2, -0.15) is 0 Å². The lowest BCUT2D eigenvalue weighted by atomic mass is 10.2. The number of rotatable bonds is 3. The predicted molar refractivity (Wildman–Crippen MR) is 62.5 cm³/mol. The first-order valence-electron chi connectivity index (χ1n) is 5.23. The van der Waals surface area contributed by atoms with E-state index in [1.54, 1.807) is 0 Å². The molecule has 2 rings (SSSR count). The number of hydrogen-bond acceptors (Lipinski definition) is 3. The summed E-state index contributed by atoms with van der Waals surface area (Å²) in [7, 11) is 1.93. The Hall–Kier alpha value is -2.17. The van der Waals surface area contributed by atoms with Gasteiger partial charge in [0.2, 0.25) is 0 Å². The van der Waals surface area contributed by atoms with E-state index in [-0.39, 0.29) is 6.42 Å². The fourth-order valence-electron chi connectivity index (χ4n) is 1.65. The normalized spacial score (nSPS) is 10.5. The number of aliphatic carboxylic acids is 1. The number of aromatic nitrogens is 3. The van der Waals surface area contributed by atoms with Crippen LogP contribution in [0.2, 0.25) is 0 Å². The lowest BCUT2D eigenvalue weighted by Crippen LogP contribution is -2.06. The molecule has 2 heterocycles. The maximum Gasteiger partial charge on any atom is 0.311 e. The number of nitrogens with zero attached hydrogens (tertiary/aromatic N) is 3. The Morgan fingerprint density at radius 3 is 2.82 bits per heavy atom. The zero-order chi connectivity index (χ0) is 12.4. The Morgan fingerprint density at radius 2 is 2.24 bits per heavy atom. The summed E-state index contributed by atoms with van der Waals surface area (Å²) in [5.41, 5.74) is 2.49. The minimum Gasteiger partial charge on any atom is -0.481 e. The monoisotopic (exact) mass is 231 g/mol. The van der Waals surface area contributed by atoms with E-state index in [0.29, 0.717) is 5.82 Å². The topological polar surface area (TPSA) is 68.0 Å². The third kappa shape index (κ3) is 2.69. The van der Waals surface area contributed by atoms with Gasteiger partial charge in [-0.1, -0.05) is 0 Å². The van der Waals surface area contributed by atoms with Gasteiger partial charge in [0.15, 0.2) is 0 Å². The van der Waals surface area contributed by atoms with Crippen LogP contribution in [0, 0.1) is 6.92 Å². The largest absolute Gasteiger partial charge is 0.481 e. The molecule has 0 aliphatic carbocycles. The van der Waals surface area contributed by atoms with Crippen molar-refractivity contribution in [2.24, 2.45) is 7.05 Å². The molecule has 0 aromatic carbocycles. The Balaban J connectivity index is 2.41. The summed E-state index contributed by atoms with van der Waals surface area (Å²) in [4.78, 5) is 19.0. The molecule has 0 spiro atoms. The van der Waals surface area contributed by atoms with Crippen LogP contribution in [0.15, 0.2) is 24.5 Å². The van der Waals surface area contributed by atoms with Crippen LogP contribution in [-0.4, -0.2) is 25.6 Å². The Kier molecular flexibility index (Phi) is 2.91. The van der Waals surface area contributed by atoms with Crippen LogP contribution in [-0.2, 0) is 18.3 Å².